The van der Waals surface area contributed by atoms with Crippen LogP contribution in [0.1, 0.15) is 44.2 Å². The minimum atomic E-state index is 0.405. The Hall–Kier alpha value is -1.38. The molecular weight excluding hydrogens is 234 g/mol. The molecule has 4 fully saturated rings. The summed E-state index contributed by atoms with van der Waals surface area (Å²) in [6.07, 6.45) is 12.5. The molecule has 0 amide bonds. The van der Waals surface area contributed by atoms with Crippen LogP contribution in [0.5, 0.6) is 0 Å². The molecule has 0 aliphatic heterocycles. The third kappa shape index (κ3) is 1.33. The lowest BCUT2D eigenvalue weighted by Gasteiger charge is -2.56. The first-order valence-electron chi connectivity index (χ1n) is 7.62. The van der Waals surface area contributed by atoms with Gasteiger partial charge in [-0.15, -0.1) is 0 Å². The van der Waals surface area contributed by atoms with Gasteiger partial charge in [0.2, 0.25) is 0 Å². The molecule has 0 aromatic carbocycles. The number of hydrogen-bond donors (Lipinski definition) is 0. The van der Waals surface area contributed by atoms with Crippen LogP contribution >= 0.6 is 0 Å². The largest absolute Gasteiger partial charge is 0.237 e. The highest BCUT2D eigenvalue weighted by Gasteiger charge is 2.52. The second-order valence-electron chi connectivity index (χ2n) is 7.13. The first kappa shape index (κ1) is 10.4. The van der Waals surface area contributed by atoms with Crippen LogP contribution in [0.2, 0.25) is 0 Å². The average Bonchev–Trinajstić information content (AvgIpc) is 2.84. The van der Waals surface area contributed by atoms with E-state index in [2.05, 4.69) is 20.7 Å². The summed E-state index contributed by atoms with van der Waals surface area (Å²) in [6.45, 7) is 0. The number of hydrogen-bond acceptors (Lipinski definition) is 2. The second kappa shape index (κ2) is 3.38. The van der Waals surface area contributed by atoms with Crippen molar-refractivity contribution in [2.24, 2.45) is 17.8 Å². The molecule has 4 aliphatic carbocycles. The molecule has 0 spiro atoms. The molecule has 19 heavy (non-hydrogen) atoms. The van der Waals surface area contributed by atoms with Crippen LogP contribution in [0.15, 0.2) is 24.5 Å². The van der Waals surface area contributed by atoms with Gasteiger partial charge in [-0.1, -0.05) is 0 Å². The van der Waals surface area contributed by atoms with Crippen LogP contribution in [-0.4, -0.2) is 14.6 Å². The van der Waals surface area contributed by atoms with E-state index in [-0.39, 0.29) is 0 Å². The van der Waals surface area contributed by atoms with Crippen LogP contribution in [0.3, 0.4) is 0 Å². The Kier molecular flexibility index (Phi) is 1.85. The van der Waals surface area contributed by atoms with Crippen molar-refractivity contribution < 1.29 is 0 Å². The molecule has 98 valence electrons. The topological polar surface area (TPSA) is 30.2 Å². The fourth-order valence-electron chi connectivity index (χ4n) is 5.66. The van der Waals surface area contributed by atoms with Crippen molar-refractivity contribution in [3.8, 4) is 0 Å². The van der Waals surface area contributed by atoms with E-state index < -0.39 is 0 Å². The van der Waals surface area contributed by atoms with Gasteiger partial charge in [-0.05, 0) is 62.3 Å². The highest BCUT2D eigenvalue weighted by molar-refractivity contribution is 5.39. The molecule has 4 saturated carbocycles. The van der Waals surface area contributed by atoms with Crippen molar-refractivity contribution in [3.05, 3.63) is 30.2 Å². The van der Waals surface area contributed by atoms with E-state index in [0.717, 1.165) is 23.4 Å². The zero-order chi connectivity index (χ0) is 12.4. The Balaban J connectivity index is 1.71. The monoisotopic (exact) mass is 253 g/mol. The van der Waals surface area contributed by atoms with E-state index in [1.165, 1.54) is 44.2 Å². The normalized spacial score (nSPS) is 40.1. The zero-order valence-corrected chi connectivity index (χ0v) is 11.1. The van der Waals surface area contributed by atoms with Gasteiger partial charge in [0.1, 0.15) is 0 Å². The maximum Gasteiger partial charge on any atom is 0.155 e. The summed E-state index contributed by atoms with van der Waals surface area (Å²) >= 11 is 0. The highest BCUT2D eigenvalue weighted by Crippen LogP contribution is 2.60. The van der Waals surface area contributed by atoms with Gasteiger partial charge >= 0.3 is 0 Å². The molecule has 0 unspecified atom stereocenters. The number of fused-ring (bicyclic) bond motifs is 1. The third-order valence-corrected chi connectivity index (χ3v) is 5.87. The summed E-state index contributed by atoms with van der Waals surface area (Å²) in [5.41, 5.74) is 2.84. The quantitative estimate of drug-likeness (QED) is 0.781. The summed E-state index contributed by atoms with van der Waals surface area (Å²) in [5, 5.41) is 4.53. The van der Waals surface area contributed by atoms with E-state index in [1.54, 1.807) is 0 Å². The number of aromatic nitrogens is 3. The molecule has 0 radical (unpaired) electrons. The van der Waals surface area contributed by atoms with Crippen molar-refractivity contribution >= 4 is 5.65 Å². The predicted molar refractivity (Wildman–Crippen MR) is 72.8 cm³/mol. The van der Waals surface area contributed by atoms with Crippen LogP contribution in [0.25, 0.3) is 5.65 Å². The smallest absolute Gasteiger partial charge is 0.155 e. The summed E-state index contributed by atoms with van der Waals surface area (Å²) in [6, 6.07) is 4.25. The molecule has 4 aliphatic rings. The highest BCUT2D eigenvalue weighted by atomic mass is 15.3. The van der Waals surface area contributed by atoms with E-state index in [9.17, 15) is 0 Å². The average molecular weight is 253 g/mol. The first-order valence-corrected chi connectivity index (χ1v) is 7.62. The Morgan fingerprint density at radius 2 is 1.63 bits per heavy atom. The van der Waals surface area contributed by atoms with Gasteiger partial charge < -0.3 is 0 Å². The summed E-state index contributed by atoms with van der Waals surface area (Å²) in [4.78, 5) is 4.43. The fourth-order valence-corrected chi connectivity index (χ4v) is 5.66. The molecule has 2 aromatic heterocycles. The van der Waals surface area contributed by atoms with Gasteiger partial charge in [-0.3, -0.25) is 0 Å². The maximum absolute atomic E-state index is 4.53. The van der Waals surface area contributed by atoms with Gasteiger partial charge in [0, 0.05) is 17.7 Å². The maximum atomic E-state index is 4.53. The molecule has 0 atom stereocenters. The van der Waals surface area contributed by atoms with E-state index >= 15 is 0 Å². The Morgan fingerprint density at radius 1 is 0.947 bits per heavy atom. The van der Waals surface area contributed by atoms with E-state index in [0.29, 0.717) is 5.41 Å². The van der Waals surface area contributed by atoms with Crippen molar-refractivity contribution in [3.63, 3.8) is 0 Å². The fraction of sp³-hybridized carbons (Fsp3) is 0.625. The third-order valence-electron chi connectivity index (χ3n) is 5.87. The van der Waals surface area contributed by atoms with Gasteiger partial charge in [0.25, 0.3) is 0 Å². The van der Waals surface area contributed by atoms with Gasteiger partial charge in [0.15, 0.2) is 5.65 Å². The van der Waals surface area contributed by atoms with Crippen LogP contribution in [-0.2, 0) is 5.41 Å². The van der Waals surface area contributed by atoms with E-state index in [4.69, 9.17) is 0 Å². The molecule has 3 nitrogen and oxygen atoms in total. The lowest BCUT2D eigenvalue weighted by molar-refractivity contribution is -0.00820. The van der Waals surface area contributed by atoms with Crippen molar-refractivity contribution in [2.75, 3.05) is 0 Å². The molecule has 0 saturated heterocycles. The number of nitrogens with zero attached hydrogens (tertiary/aromatic N) is 3. The summed E-state index contributed by atoms with van der Waals surface area (Å²) in [5.74, 6) is 2.93. The Morgan fingerprint density at radius 3 is 2.32 bits per heavy atom. The molecule has 6 rings (SSSR count). The van der Waals surface area contributed by atoms with Gasteiger partial charge in [-0.25, -0.2) is 9.50 Å². The molecule has 2 aromatic rings. The Bertz CT molecular complexity index is 607. The zero-order valence-electron chi connectivity index (χ0n) is 11.1. The standard InChI is InChI=1S/C16H19N3/c1-3-17-15-2-4-18-19(15)14(1)16-8-11-5-12(9-16)7-13(6-11)10-16/h1-4,11-13H,5-10H2. The summed E-state index contributed by atoms with van der Waals surface area (Å²) in [7, 11) is 0. The summed E-state index contributed by atoms with van der Waals surface area (Å²) < 4.78 is 2.10. The minimum Gasteiger partial charge on any atom is -0.237 e. The van der Waals surface area contributed by atoms with Crippen LogP contribution < -0.4 is 0 Å². The van der Waals surface area contributed by atoms with Crippen LogP contribution in [0, 0.1) is 17.8 Å². The molecule has 3 heteroatoms. The second-order valence-corrected chi connectivity index (χ2v) is 7.13. The lowest BCUT2D eigenvalue weighted by atomic mass is 9.49. The molecular formula is C16H19N3. The molecule has 0 N–H and O–H groups in total. The lowest BCUT2D eigenvalue weighted by Crippen LogP contribution is -2.49. The predicted octanol–water partition coefficient (Wildman–Crippen LogP) is 3.20. The first-order chi connectivity index (χ1) is 9.32. The van der Waals surface area contributed by atoms with Gasteiger partial charge in [0.05, 0.1) is 11.9 Å². The van der Waals surface area contributed by atoms with Crippen LogP contribution in [0.4, 0.5) is 0 Å². The van der Waals surface area contributed by atoms with Gasteiger partial charge in [-0.2, -0.15) is 5.10 Å². The van der Waals surface area contributed by atoms with Crippen molar-refractivity contribution in [2.45, 2.75) is 43.9 Å². The van der Waals surface area contributed by atoms with Crippen molar-refractivity contribution in [1.29, 1.82) is 0 Å². The minimum absolute atomic E-state index is 0.405. The Labute approximate surface area is 113 Å². The molecule has 2 heterocycles. The SMILES string of the molecule is c1cc(C23CC4CC(CC(C4)C2)C3)n2nccc2n1. The molecule has 4 bridgehead atoms. The van der Waals surface area contributed by atoms with Crippen molar-refractivity contribution in [1.82, 2.24) is 14.6 Å². The number of rotatable bonds is 1. The van der Waals surface area contributed by atoms with E-state index in [1.807, 2.05) is 18.5 Å².